The lowest BCUT2D eigenvalue weighted by molar-refractivity contribution is -0.112. The minimum atomic E-state index is -0.350. The molecule has 0 fully saturated rings. The molecule has 0 saturated carbocycles. The topological polar surface area (TPSA) is 36.3 Å². The SMILES string of the molecule is COC(OC)c1ccnn1C(C)(C)C. The molecule has 0 aliphatic rings. The molecular formula is C10H18N2O2. The Hall–Kier alpha value is -0.870. The van der Waals surface area contributed by atoms with Crippen LogP contribution < -0.4 is 0 Å². The number of hydrogen-bond acceptors (Lipinski definition) is 3. The van der Waals surface area contributed by atoms with Crippen LogP contribution in [0.25, 0.3) is 0 Å². The van der Waals surface area contributed by atoms with E-state index >= 15 is 0 Å². The molecule has 1 heterocycles. The fourth-order valence-electron chi connectivity index (χ4n) is 1.39. The summed E-state index contributed by atoms with van der Waals surface area (Å²) in [6.45, 7) is 6.27. The molecule has 0 unspecified atom stereocenters. The maximum absolute atomic E-state index is 5.20. The van der Waals surface area contributed by atoms with Crippen LogP contribution in [0.1, 0.15) is 32.8 Å². The van der Waals surface area contributed by atoms with E-state index in [-0.39, 0.29) is 11.8 Å². The number of aromatic nitrogens is 2. The van der Waals surface area contributed by atoms with E-state index in [0.29, 0.717) is 0 Å². The molecule has 0 bridgehead atoms. The van der Waals surface area contributed by atoms with Crippen molar-refractivity contribution in [2.45, 2.75) is 32.6 Å². The highest BCUT2D eigenvalue weighted by molar-refractivity contribution is 5.05. The molecule has 0 spiro atoms. The van der Waals surface area contributed by atoms with Crippen LogP contribution in [-0.2, 0) is 15.0 Å². The van der Waals surface area contributed by atoms with Crippen LogP contribution in [0.15, 0.2) is 12.3 Å². The highest BCUT2D eigenvalue weighted by Crippen LogP contribution is 2.22. The molecule has 14 heavy (non-hydrogen) atoms. The van der Waals surface area contributed by atoms with Crippen molar-refractivity contribution < 1.29 is 9.47 Å². The summed E-state index contributed by atoms with van der Waals surface area (Å²) in [7, 11) is 3.24. The molecule has 0 saturated heterocycles. The molecule has 0 aliphatic carbocycles. The lowest BCUT2D eigenvalue weighted by atomic mass is 10.1. The summed E-state index contributed by atoms with van der Waals surface area (Å²) >= 11 is 0. The summed E-state index contributed by atoms with van der Waals surface area (Å²) < 4.78 is 12.3. The summed E-state index contributed by atoms with van der Waals surface area (Å²) in [5, 5.41) is 4.26. The molecule has 0 amide bonds. The average molecular weight is 198 g/mol. The van der Waals surface area contributed by atoms with Crippen molar-refractivity contribution in [2.24, 2.45) is 0 Å². The van der Waals surface area contributed by atoms with Gasteiger partial charge in [0.25, 0.3) is 0 Å². The Balaban J connectivity index is 3.03. The molecule has 0 radical (unpaired) electrons. The summed E-state index contributed by atoms with van der Waals surface area (Å²) in [6, 6.07) is 1.91. The number of methoxy groups -OCH3 is 2. The van der Waals surface area contributed by atoms with E-state index in [1.807, 2.05) is 10.7 Å². The lowest BCUT2D eigenvalue weighted by Crippen LogP contribution is -2.27. The minimum absolute atomic E-state index is 0.0614. The van der Waals surface area contributed by atoms with E-state index in [2.05, 4.69) is 25.9 Å². The van der Waals surface area contributed by atoms with Crippen LogP contribution in [0.4, 0.5) is 0 Å². The third kappa shape index (κ3) is 2.13. The van der Waals surface area contributed by atoms with Crippen molar-refractivity contribution in [1.29, 1.82) is 0 Å². The Kier molecular flexibility index (Phi) is 3.29. The molecule has 0 aliphatic heterocycles. The fourth-order valence-corrected chi connectivity index (χ4v) is 1.39. The van der Waals surface area contributed by atoms with E-state index in [1.54, 1.807) is 20.4 Å². The van der Waals surface area contributed by atoms with E-state index < -0.39 is 0 Å². The Morgan fingerprint density at radius 1 is 1.29 bits per heavy atom. The Bertz CT molecular complexity index is 285. The van der Waals surface area contributed by atoms with Crippen molar-refractivity contribution in [1.82, 2.24) is 9.78 Å². The lowest BCUT2D eigenvalue weighted by Gasteiger charge is -2.25. The van der Waals surface area contributed by atoms with Crippen LogP contribution in [-0.4, -0.2) is 24.0 Å². The molecular weight excluding hydrogens is 180 g/mol. The first-order valence-corrected chi connectivity index (χ1v) is 4.60. The van der Waals surface area contributed by atoms with E-state index in [9.17, 15) is 0 Å². The van der Waals surface area contributed by atoms with Crippen LogP contribution >= 0.6 is 0 Å². The third-order valence-corrected chi connectivity index (χ3v) is 1.98. The highest BCUT2D eigenvalue weighted by Gasteiger charge is 2.22. The monoisotopic (exact) mass is 198 g/mol. The van der Waals surface area contributed by atoms with E-state index in [0.717, 1.165) is 5.69 Å². The van der Waals surface area contributed by atoms with Crippen molar-refractivity contribution >= 4 is 0 Å². The van der Waals surface area contributed by atoms with Gasteiger partial charge < -0.3 is 9.47 Å². The Morgan fingerprint density at radius 3 is 2.29 bits per heavy atom. The first-order valence-electron chi connectivity index (χ1n) is 4.60. The average Bonchev–Trinajstić information content (AvgIpc) is 2.54. The second-order valence-electron chi connectivity index (χ2n) is 4.14. The second-order valence-corrected chi connectivity index (χ2v) is 4.14. The summed E-state index contributed by atoms with van der Waals surface area (Å²) in [6.07, 6.45) is 1.41. The van der Waals surface area contributed by atoms with Crippen LogP contribution in [0, 0.1) is 0 Å². The van der Waals surface area contributed by atoms with Gasteiger partial charge in [-0.25, -0.2) is 0 Å². The summed E-state index contributed by atoms with van der Waals surface area (Å²) in [5.41, 5.74) is 0.872. The van der Waals surface area contributed by atoms with Gasteiger partial charge in [0.1, 0.15) is 0 Å². The zero-order valence-electron chi connectivity index (χ0n) is 9.44. The number of nitrogens with zero attached hydrogens (tertiary/aromatic N) is 2. The third-order valence-electron chi connectivity index (χ3n) is 1.98. The first-order chi connectivity index (χ1) is 6.50. The quantitative estimate of drug-likeness (QED) is 0.696. The predicted octanol–water partition coefficient (Wildman–Crippen LogP) is 1.93. The van der Waals surface area contributed by atoms with Crippen LogP contribution in [0.3, 0.4) is 0 Å². The van der Waals surface area contributed by atoms with E-state index in [4.69, 9.17) is 9.47 Å². The highest BCUT2D eigenvalue weighted by atomic mass is 16.7. The minimum Gasteiger partial charge on any atom is -0.350 e. The van der Waals surface area contributed by atoms with Gasteiger partial charge in [-0.15, -0.1) is 0 Å². The van der Waals surface area contributed by atoms with Gasteiger partial charge in [0.05, 0.1) is 11.2 Å². The standard InChI is InChI=1S/C10H18N2O2/c1-10(2,3)12-8(6-7-11-12)9(13-4)14-5/h6-7,9H,1-5H3. The largest absolute Gasteiger partial charge is 0.350 e. The van der Waals surface area contributed by atoms with Crippen LogP contribution in [0.5, 0.6) is 0 Å². The number of ether oxygens (including phenoxy) is 2. The van der Waals surface area contributed by atoms with Crippen molar-refractivity contribution in [2.75, 3.05) is 14.2 Å². The smallest absolute Gasteiger partial charge is 0.200 e. The van der Waals surface area contributed by atoms with Crippen molar-refractivity contribution in [3.63, 3.8) is 0 Å². The first kappa shape index (κ1) is 11.2. The summed E-state index contributed by atoms with van der Waals surface area (Å²) in [5.74, 6) is 0. The number of rotatable bonds is 3. The van der Waals surface area contributed by atoms with Gasteiger partial charge >= 0.3 is 0 Å². The zero-order valence-corrected chi connectivity index (χ0v) is 9.44. The molecule has 80 valence electrons. The molecule has 0 aromatic carbocycles. The van der Waals surface area contributed by atoms with Gasteiger partial charge in [0.2, 0.25) is 0 Å². The zero-order chi connectivity index (χ0) is 10.8. The fraction of sp³-hybridized carbons (Fsp3) is 0.700. The molecule has 4 heteroatoms. The Labute approximate surface area is 84.8 Å². The van der Waals surface area contributed by atoms with Crippen molar-refractivity contribution in [3.05, 3.63) is 18.0 Å². The normalized spacial score (nSPS) is 12.4. The van der Waals surface area contributed by atoms with E-state index in [1.165, 1.54) is 0 Å². The molecule has 1 aromatic rings. The number of hydrogen-bond donors (Lipinski definition) is 0. The van der Waals surface area contributed by atoms with Gasteiger partial charge in [-0.05, 0) is 26.8 Å². The summed E-state index contributed by atoms with van der Waals surface area (Å²) in [4.78, 5) is 0. The van der Waals surface area contributed by atoms with Gasteiger partial charge in [-0.2, -0.15) is 5.10 Å². The van der Waals surface area contributed by atoms with Gasteiger partial charge in [-0.3, -0.25) is 4.68 Å². The molecule has 4 nitrogen and oxygen atoms in total. The molecule has 1 rings (SSSR count). The van der Waals surface area contributed by atoms with Gasteiger partial charge in [0, 0.05) is 20.4 Å². The second kappa shape index (κ2) is 4.11. The van der Waals surface area contributed by atoms with Gasteiger partial charge in [0.15, 0.2) is 6.29 Å². The maximum Gasteiger partial charge on any atom is 0.200 e. The molecule has 1 aromatic heterocycles. The molecule has 0 atom stereocenters. The van der Waals surface area contributed by atoms with Crippen molar-refractivity contribution in [3.8, 4) is 0 Å². The van der Waals surface area contributed by atoms with Crippen LogP contribution in [0.2, 0.25) is 0 Å². The predicted molar refractivity (Wildman–Crippen MR) is 54.0 cm³/mol. The maximum atomic E-state index is 5.20. The van der Waals surface area contributed by atoms with Gasteiger partial charge in [-0.1, -0.05) is 0 Å². The molecule has 0 N–H and O–H groups in total. The Morgan fingerprint density at radius 2 is 1.86 bits per heavy atom.